The van der Waals surface area contributed by atoms with Gasteiger partial charge in [0.05, 0.1) is 23.8 Å². The Morgan fingerprint density at radius 3 is 1.97 bits per heavy atom. The van der Waals surface area contributed by atoms with Gasteiger partial charge in [-0.1, -0.05) is 77.9 Å². The molecule has 8 heteroatoms. The van der Waals surface area contributed by atoms with Crippen molar-refractivity contribution in [3.05, 3.63) is 111 Å². The minimum absolute atomic E-state index is 0.0239. The van der Waals surface area contributed by atoms with Crippen LogP contribution in [0.5, 0.6) is 0 Å². The Hall–Kier alpha value is -3.52. The van der Waals surface area contributed by atoms with Crippen LogP contribution in [0.3, 0.4) is 0 Å². The van der Waals surface area contributed by atoms with Crippen molar-refractivity contribution in [2.24, 2.45) is 4.40 Å². The van der Waals surface area contributed by atoms with E-state index in [1.54, 1.807) is 36.4 Å². The lowest BCUT2D eigenvalue weighted by Crippen LogP contribution is -2.28. The highest BCUT2D eigenvalue weighted by Crippen LogP contribution is 2.36. The van der Waals surface area contributed by atoms with Gasteiger partial charge in [-0.25, -0.2) is 0 Å². The molecule has 0 fully saturated rings. The Morgan fingerprint density at radius 1 is 0.909 bits per heavy atom. The number of ether oxygens (including phenoxy) is 1. The molecule has 0 aliphatic heterocycles. The van der Waals surface area contributed by atoms with Gasteiger partial charge in [0, 0.05) is 4.92 Å². The molecule has 0 saturated heterocycles. The van der Waals surface area contributed by atoms with Crippen molar-refractivity contribution in [1.29, 1.82) is 0 Å². The van der Waals surface area contributed by atoms with Crippen LogP contribution in [0.15, 0.2) is 88.2 Å². The fourth-order valence-corrected chi connectivity index (χ4v) is 4.70. The lowest BCUT2D eigenvalue weighted by atomic mass is 9.81. The van der Waals surface area contributed by atoms with E-state index in [9.17, 15) is 18.5 Å². The summed E-state index contributed by atoms with van der Waals surface area (Å²) in [6.07, 6.45) is 0. The minimum atomic E-state index is -4.10. The van der Waals surface area contributed by atoms with Gasteiger partial charge >= 0.3 is 0 Å². The minimum Gasteiger partial charge on any atom is -0.483 e. The summed E-state index contributed by atoms with van der Waals surface area (Å²) in [5.41, 5.74) is 3.29. The van der Waals surface area contributed by atoms with E-state index in [1.165, 1.54) is 19.2 Å². The topological polar surface area (TPSA) is 98.9 Å². The molecule has 33 heavy (non-hydrogen) atoms. The Kier molecular flexibility index (Phi) is 7.60. The summed E-state index contributed by atoms with van der Waals surface area (Å²) in [6, 6.07) is 22.7. The van der Waals surface area contributed by atoms with Crippen LogP contribution in [-0.4, -0.2) is 32.9 Å². The first kappa shape index (κ1) is 24.1. The Labute approximate surface area is 194 Å². The molecule has 0 aliphatic rings. The normalized spacial score (nSPS) is 13.8. The molecule has 0 aliphatic carbocycles. The van der Waals surface area contributed by atoms with E-state index >= 15 is 0 Å². The molecule has 0 amide bonds. The van der Waals surface area contributed by atoms with E-state index in [2.05, 4.69) is 4.40 Å². The van der Waals surface area contributed by atoms with Crippen LogP contribution in [0, 0.1) is 24.0 Å². The zero-order valence-corrected chi connectivity index (χ0v) is 19.5. The first-order valence-corrected chi connectivity index (χ1v) is 11.8. The second kappa shape index (κ2) is 10.4. The lowest BCUT2D eigenvalue weighted by molar-refractivity contribution is -0.483. The van der Waals surface area contributed by atoms with E-state index in [0.29, 0.717) is 11.1 Å². The molecule has 0 heterocycles. The highest BCUT2D eigenvalue weighted by Gasteiger charge is 2.35. The number of nitro groups is 1. The number of benzene rings is 3. The zero-order valence-electron chi connectivity index (χ0n) is 18.7. The molecule has 2 atom stereocenters. The van der Waals surface area contributed by atoms with Crippen LogP contribution in [0.2, 0.25) is 0 Å². The van der Waals surface area contributed by atoms with Gasteiger partial charge in [0.2, 0.25) is 12.4 Å². The van der Waals surface area contributed by atoms with E-state index in [4.69, 9.17) is 4.74 Å². The summed E-state index contributed by atoms with van der Waals surface area (Å²) >= 11 is 0. The summed E-state index contributed by atoms with van der Waals surface area (Å²) in [7, 11) is -2.77. The third-order valence-electron chi connectivity index (χ3n) is 5.42. The van der Waals surface area contributed by atoms with Crippen molar-refractivity contribution in [3.63, 3.8) is 0 Å². The summed E-state index contributed by atoms with van der Waals surface area (Å²) in [5, 5.41) is 11.6. The maximum Gasteiger partial charge on any atom is 0.285 e. The third kappa shape index (κ3) is 6.04. The van der Waals surface area contributed by atoms with Crippen LogP contribution in [0.4, 0.5) is 0 Å². The predicted molar refractivity (Wildman–Crippen MR) is 128 cm³/mol. The van der Waals surface area contributed by atoms with Crippen LogP contribution in [-0.2, 0) is 14.8 Å². The molecule has 0 radical (unpaired) electrons. The highest BCUT2D eigenvalue weighted by atomic mass is 32.2. The fourth-order valence-electron chi connectivity index (χ4n) is 3.69. The second-order valence-corrected chi connectivity index (χ2v) is 9.45. The zero-order chi connectivity index (χ0) is 24.0. The first-order chi connectivity index (χ1) is 15.7. The van der Waals surface area contributed by atoms with Crippen LogP contribution in [0.1, 0.15) is 34.1 Å². The summed E-state index contributed by atoms with van der Waals surface area (Å²) in [6.45, 7) is 3.36. The van der Waals surface area contributed by atoms with Crippen LogP contribution >= 0.6 is 0 Å². The van der Waals surface area contributed by atoms with E-state index < -0.39 is 33.3 Å². The smallest absolute Gasteiger partial charge is 0.285 e. The van der Waals surface area contributed by atoms with Crippen molar-refractivity contribution < 1.29 is 18.1 Å². The Bertz CT molecular complexity index is 1220. The largest absolute Gasteiger partial charge is 0.483 e. The van der Waals surface area contributed by atoms with Crippen molar-refractivity contribution in [2.45, 2.75) is 30.6 Å². The summed E-state index contributed by atoms with van der Waals surface area (Å²) < 4.78 is 35.7. The van der Waals surface area contributed by atoms with Gasteiger partial charge in [-0.3, -0.25) is 10.1 Å². The van der Waals surface area contributed by atoms with Crippen LogP contribution in [0.25, 0.3) is 0 Å². The highest BCUT2D eigenvalue weighted by molar-refractivity contribution is 7.90. The first-order valence-electron chi connectivity index (χ1n) is 10.4. The number of sulfonamides is 1. The number of hydrogen-bond donors (Lipinski definition) is 0. The Balaban J connectivity index is 2.20. The van der Waals surface area contributed by atoms with Crippen molar-refractivity contribution in [3.8, 4) is 0 Å². The summed E-state index contributed by atoms with van der Waals surface area (Å²) in [5.74, 6) is -1.59. The molecule has 0 unspecified atom stereocenters. The van der Waals surface area contributed by atoms with Crippen molar-refractivity contribution in [1.82, 2.24) is 0 Å². The van der Waals surface area contributed by atoms with Gasteiger partial charge < -0.3 is 4.74 Å². The molecule has 0 N–H and O–H groups in total. The van der Waals surface area contributed by atoms with Gasteiger partial charge in [0.25, 0.3) is 10.0 Å². The van der Waals surface area contributed by atoms with E-state index in [-0.39, 0.29) is 10.8 Å². The number of rotatable bonds is 8. The molecule has 3 aromatic carbocycles. The SMILES string of the molecule is CO/C(=N\S(=O)(=O)c1ccc(C)cc1)[C@H](c1ccc(C)cc1)[C@H](C[N+](=O)[O-])c1ccccc1. The maximum atomic E-state index is 13.1. The van der Waals surface area contributed by atoms with E-state index in [1.807, 2.05) is 44.2 Å². The van der Waals surface area contributed by atoms with Gasteiger partial charge in [0.1, 0.15) is 0 Å². The monoisotopic (exact) mass is 466 g/mol. The molecule has 7 nitrogen and oxygen atoms in total. The molecule has 172 valence electrons. The molecule has 3 aromatic rings. The molecular formula is C25H26N2O5S. The number of hydrogen-bond acceptors (Lipinski definition) is 5. The molecular weight excluding hydrogens is 440 g/mol. The standard InChI is InChI=1S/C25H26N2O5S/c1-18-9-13-21(14-10-18)24(23(17-27(28)29)20-7-5-4-6-8-20)25(32-3)26-33(30,31)22-15-11-19(2)12-16-22/h4-16,23-24H,17H2,1-3H3/b26-25-/t23-,24-/m1/s1. The number of aryl methyl sites for hydroxylation is 2. The number of methoxy groups -OCH3 is 1. The van der Waals surface area contributed by atoms with Gasteiger partial charge in [-0.15, -0.1) is 4.40 Å². The van der Waals surface area contributed by atoms with Crippen LogP contribution < -0.4 is 0 Å². The molecule has 0 saturated carbocycles. The quantitative estimate of drug-likeness (QED) is 0.204. The molecule has 3 rings (SSSR count). The molecule has 0 aromatic heterocycles. The van der Waals surface area contributed by atoms with E-state index in [0.717, 1.165) is 11.1 Å². The van der Waals surface area contributed by atoms with Crippen molar-refractivity contribution in [2.75, 3.05) is 13.7 Å². The average Bonchev–Trinajstić information content (AvgIpc) is 2.79. The Morgan fingerprint density at radius 2 is 1.45 bits per heavy atom. The fraction of sp³-hybridized carbons (Fsp3) is 0.240. The van der Waals surface area contributed by atoms with Gasteiger partial charge in [-0.05, 0) is 37.1 Å². The lowest BCUT2D eigenvalue weighted by Gasteiger charge is -2.26. The third-order valence-corrected chi connectivity index (χ3v) is 6.70. The van der Waals surface area contributed by atoms with Crippen molar-refractivity contribution >= 4 is 15.9 Å². The van der Waals surface area contributed by atoms with Gasteiger partial charge in [-0.2, -0.15) is 8.42 Å². The van der Waals surface area contributed by atoms with Gasteiger partial charge in [0.15, 0.2) is 0 Å². The summed E-state index contributed by atoms with van der Waals surface area (Å²) in [4.78, 5) is 11.3. The molecule has 0 bridgehead atoms. The number of nitrogens with zero attached hydrogens (tertiary/aromatic N) is 2. The molecule has 0 spiro atoms. The predicted octanol–water partition coefficient (Wildman–Crippen LogP) is 4.88. The second-order valence-electron chi connectivity index (χ2n) is 7.84. The average molecular weight is 467 g/mol. The maximum absolute atomic E-state index is 13.1.